The third kappa shape index (κ3) is 4.73. The fourth-order valence-electron chi connectivity index (χ4n) is 5.08. The lowest BCUT2D eigenvalue weighted by molar-refractivity contribution is -0.130. The molecule has 0 saturated carbocycles. The molecule has 0 aromatic carbocycles. The monoisotopic (exact) mass is 490 g/mol. The molecule has 1 N–H and O–H groups in total. The van der Waals surface area contributed by atoms with Gasteiger partial charge in [0.25, 0.3) is 5.91 Å². The van der Waals surface area contributed by atoms with E-state index < -0.39 is 12.0 Å². The van der Waals surface area contributed by atoms with Crippen molar-refractivity contribution in [1.82, 2.24) is 19.5 Å². The number of aromatic nitrogens is 3. The van der Waals surface area contributed by atoms with Gasteiger partial charge in [0, 0.05) is 37.5 Å². The molecule has 0 aliphatic carbocycles. The van der Waals surface area contributed by atoms with Gasteiger partial charge in [-0.1, -0.05) is 19.2 Å². The summed E-state index contributed by atoms with van der Waals surface area (Å²) in [5.41, 5.74) is 3.43. The number of anilines is 1. The molecule has 4 rings (SSSR count). The lowest BCUT2D eigenvalue weighted by Crippen LogP contribution is -2.39. The molecule has 36 heavy (non-hydrogen) atoms. The maximum absolute atomic E-state index is 13.7. The number of fused-ring (bicyclic) bond motifs is 1. The van der Waals surface area contributed by atoms with Crippen molar-refractivity contribution in [2.24, 2.45) is 5.92 Å². The van der Waals surface area contributed by atoms with Crippen molar-refractivity contribution < 1.29 is 14.6 Å². The summed E-state index contributed by atoms with van der Waals surface area (Å²) in [6, 6.07) is 3.90. The maximum atomic E-state index is 13.7. The first kappa shape index (κ1) is 25.5. The number of hydrogen-bond acceptors (Lipinski definition) is 7. The predicted molar refractivity (Wildman–Crippen MR) is 137 cm³/mol. The lowest BCUT2D eigenvalue weighted by Gasteiger charge is -2.35. The van der Waals surface area contributed by atoms with Gasteiger partial charge in [-0.3, -0.25) is 4.79 Å². The average molecular weight is 491 g/mol. The van der Waals surface area contributed by atoms with E-state index in [1.807, 2.05) is 42.8 Å². The van der Waals surface area contributed by atoms with E-state index in [2.05, 4.69) is 19.2 Å². The zero-order chi connectivity index (χ0) is 26.0. The molecule has 190 valence electrons. The first-order valence-corrected chi connectivity index (χ1v) is 12.4. The summed E-state index contributed by atoms with van der Waals surface area (Å²) in [5, 5.41) is 24.3. The SMILES string of the molecule is C=C/C(C(=O)N1CCCC[C@H]1c1cc2nc(N3CC(C#N)[C@@H](O)C3)c(C)cn2n1)=C(/OCC)C(=C)C. The fourth-order valence-corrected chi connectivity index (χ4v) is 5.08. The molecular weight excluding hydrogens is 456 g/mol. The number of rotatable bonds is 7. The van der Waals surface area contributed by atoms with Crippen LogP contribution < -0.4 is 4.90 Å². The first-order valence-electron chi connectivity index (χ1n) is 12.4. The van der Waals surface area contributed by atoms with Gasteiger partial charge in [0.2, 0.25) is 0 Å². The van der Waals surface area contributed by atoms with Gasteiger partial charge >= 0.3 is 0 Å². The molecule has 2 fully saturated rings. The number of piperidine rings is 1. The Balaban J connectivity index is 1.68. The number of nitriles is 1. The van der Waals surface area contributed by atoms with E-state index in [-0.39, 0.29) is 11.9 Å². The summed E-state index contributed by atoms with van der Waals surface area (Å²) in [5.74, 6) is 0.637. The van der Waals surface area contributed by atoms with Crippen LogP contribution in [0.15, 0.2) is 48.4 Å². The summed E-state index contributed by atoms with van der Waals surface area (Å²) in [7, 11) is 0. The van der Waals surface area contributed by atoms with Gasteiger partial charge in [-0.25, -0.2) is 9.50 Å². The minimum atomic E-state index is -0.692. The van der Waals surface area contributed by atoms with E-state index in [9.17, 15) is 15.2 Å². The Kier molecular flexibility index (Phi) is 7.45. The number of nitrogens with zero attached hydrogens (tertiary/aromatic N) is 6. The first-order chi connectivity index (χ1) is 17.3. The van der Waals surface area contributed by atoms with Crippen LogP contribution in [0.2, 0.25) is 0 Å². The van der Waals surface area contributed by atoms with Crippen molar-refractivity contribution in [2.45, 2.75) is 52.2 Å². The molecule has 1 amide bonds. The van der Waals surface area contributed by atoms with Crippen molar-refractivity contribution in [1.29, 1.82) is 5.26 Å². The van der Waals surface area contributed by atoms with Crippen molar-refractivity contribution in [3.8, 4) is 6.07 Å². The molecule has 0 spiro atoms. The number of aryl methyl sites for hydroxylation is 1. The predicted octanol–water partition coefficient (Wildman–Crippen LogP) is 3.46. The van der Waals surface area contributed by atoms with Crippen LogP contribution in [0.25, 0.3) is 5.65 Å². The van der Waals surface area contributed by atoms with E-state index in [1.54, 1.807) is 10.6 Å². The van der Waals surface area contributed by atoms with E-state index in [0.29, 0.717) is 48.8 Å². The number of hydrogen-bond donors (Lipinski definition) is 1. The number of carbonyl (C=O) groups is 1. The molecule has 2 aromatic heterocycles. The zero-order valence-corrected chi connectivity index (χ0v) is 21.3. The van der Waals surface area contributed by atoms with Crippen molar-refractivity contribution in [3.63, 3.8) is 0 Å². The third-order valence-electron chi connectivity index (χ3n) is 6.84. The topological polar surface area (TPSA) is 107 Å². The Morgan fingerprint density at radius 1 is 1.39 bits per heavy atom. The van der Waals surface area contributed by atoms with Crippen LogP contribution in [0, 0.1) is 24.2 Å². The smallest absolute Gasteiger partial charge is 0.258 e. The number of likely N-dealkylation sites (tertiary alicyclic amines) is 1. The van der Waals surface area contributed by atoms with Gasteiger partial charge in [0.15, 0.2) is 5.65 Å². The maximum Gasteiger partial charge on any atom is 0.258 e. The normalized spacial score (nSPS) is 22.8. The summed E-state index contributed by atoms with van der Waals surface area (Å²) in [6.45, 7) is 15.3. The van der Waals surface area contributed by atoms with Crippen LogP contribution >= 0.6 is 0 Å². The Morgan fingerprint density at radius 2 is 2.17 bits per heavy atom. The Hall–Kier alpha value is -3.64. The van der Waals surface area contributed by atoms with Crippen LogP contribution in [-0.2, 0) is 9.53 Å². The standard InChI is InChI=1S/C27H34N6O3/c1-6-20(25(17(3)4)36-7-2)27(35)32-11-9-8-10-22(32)21-12-24-29-26(18(5)14-33(24)30-21)31-15-19(13-28)23(34)16-31/h6,12,14,19,22-23,34H,1,3,7-11,15-16H2,2,4-5H3/b25-20-/t19?,22-,23-/m0/s1. The van der Waals surface area contributed by atoms with Crippen LogP contribution in [0.1, 0.15) is 50.4 Å². The molecule has 9 heteroatoms. The summed E-state index contributed by atoms with van der Waals surface area (Å²) < 4.78 is 7.48. The fraction of sp³-hybridized carbons (Fsp3) is 0.481. The van der Waals surface area contributed by atoms with Gasteiger partial charge in [-0.15, -0.1) is 0 Å². The second-order valence-corrected chi connectivity index (χ2v) is 9.50. The Labute approximate surface area is 212 Å². The molecule has 2 aliphatic heterocycles. The zero-order valence-electron chi connectivity index (χ0n) is 21.3. The second-order valence-electron chi connectivity index (χ2n) is 9.50. The minimum absolute atomic E-state index is 0.142. The Morgan fingerprint density at radius 3 is 2.81 bits per heavy atom. The van der Waals surface area contributed by atoms with Crippen molar-refractivity contribution >= 4 is 17.4 Å². The molecule has 2 aromatic rings. The molecule has 2 aliphatic rings. The molecule has 0 bridgehead atoms. The molecule has 4 heterocycles. The highest BCUT2D eigenvalue weighted by atomic mass is 16.5. The van der Waals surface area contributed by atoms with Crippen LogP contribution in [0.4, 0.5) is 5.82 Å². The summed E-state index contributed by atoms with van der Waals surface area (Å²) in [4.78, 5) is 22.3. The summed E-state index contributed by atoms with van der Waals surface area (Å²) >= 11 is 0. The third-order valence-corrected chi connectivity index (χ3v) is 6.84. The number of amides is 1. The molecule has 3 atom stereocenters. The number of aliphatic hydroxyl groups excluding tert-OH is 1. The van der Waals surface area contributed by atoms with E-state index in [1.165, 1.54) is 0 Å². The number of ether oxygens (including phenoxy) is 1. The van der Waals surface area contributed by atoms with E-state index >= 15 is 0 Å². The highest BCUT2D eigenvalue weighted by Gasteiger charge is 2.34. The average Bonchev–Trinajstić information content (AvgIpc) is 3.45. The largest absolute Gasteiger partial charge is 0.493 e. The summed E-state index contributed by atoms with van der Waals surface area (Å²) in [6.07, 6.45) is 5.47. The lowest BCUT2D eigenvalue weighted by atomic mass is 9.97. The van der Waals surface area contributed by atoms with E-state index in [4.69, 9.17) is 14.8 Å². The molecule has 0 radical (unpaired) electrons. The molecule has 1 unspecified atom stereocenters. The van der Waals surface area contributed by atoms with Gasteiger partial charge in [-0.05, 0) is 45.6 Å². The number of aliphatic hydroxyl groups is 1. The highest BCUT2D eigenvalue weighted by Crippen LogP contribution is 2.34. The molecule has 2 saturated heterocycles. The molecule has 9 nitrogen and oxygen atoms in total. The van der Waals surface area contributed by atoms with Gasteiger partial charge in [-0.2, -0.15) is 10.4 Å². The van der Waals surface area contributed by atoms with Crippen molar-refractivity contribution in [3.05, 3.63) is 59.7 Å². The highest BCUT2D eigenvalue weighted by molar-refractivity contribution is 5.97. The number of carbonyl (C=O) groups excluding carboxylic acids is 1. The van der Waals surface area contributed by atoms with E-state index in [0.717, 1.165) is 36.3 Å². The van der Waals surface area contributed by atoms with Gasteiger partial charge in [0.05, 0.1) is 42.0 Å². The van der Waals surface area contributed by atoms with Gasteiger partial charge < -0.3 is 19.6 Å². The Bertz CT molecular complexity index is 1260. The van der Waals surface area contributed by atoms with Crippen LogP contribution in [-0.4, -0.2) is 62.9 Å². The van der Waals surface area contributed by atoms with Crippen LogP contribution in [0.5, 0.6) is 0 Å². The minimum Gasteiger partial charge on any atom is -0.493 e. The van der Waals surface area contributed by atoms with Crippen LogP contribution in [0.3, 0.4) is 0 Å². The quantitative estimate of drug-likeness (QED) is 0.360. The second kappa shape index (κ2) is 10.5. The number of allylic oxidation sites excluding steroid dienone is 1. The molecular formula is C27H34N6O3. The van der Waals surface area contributed by atoms with Gasteiger partial charge in [0.1, 0.15) is 11.6 Å². The number of β-amino-alcohol motifs (C(OH)–C–C–N with tert-alkyl or cyclic N) is 1. The van der Waals surface area contributed by atoms with Crippen molar-refractivity contribution in [2.75, 3.05) is 31.1 Å².